The number of rotatable bonds is 4. The van der Waals surface area contributed by atoms with Gasteiger partial charge in [0.1, 0.15) is 17.1 Å². The maximum absolute atomic E-state index is 12.7. The van der Waals surface area contributed by atoms with Gasteiger partial charge in [-0.05, 0) is 26.7 Å². The van der Waals surface area contributed by atoms with Gasteiger partial charge >= 0.3 is 0 Å². The molecule has 134 valence electrons. The van der Waals surface area contributed by atoms with Crippen molar-refractivity contribution in [3.63, 3.8) is 0 Å². The Labute approximate surface area is 146 Å². The van der Waals surface area contributed by atoms with Crippen LogP contribution in [-0.2, 0) is 0 Å². The molecule has 8 nitrogen and oxygen atoms in total. The topological polar surface area (TPSA) is 95.6 Å². The van der Waals surface area contributed by atoms with E-state index in [4.69, 9.17) is 4.52 Å². The number of nitrogens with zero attached hydrogens (tertiary/aromatic N) is 5. The molecule has 2 aromatic heterocycles. The third-order valence-electron chi connectivity index (χ3n) is 4.55. The minimum Gasteiger partial charge on any atom is -0.386 e. The van der Waals surface area contributed by atoms with E-state index in [1.807, 2.05) is 4.90 Å². The molecule has 1 atom stereocenters. The fourth-order valence-electron chi connectivity index (χ4n) is 3.38. The fraction of sp³-hybridized carbons (Fsp3) is 0.529. The highest BCUT2D eigenvalue weighted by Gasteiger charge is 2.36. The molecule has 8 heteroatoms. The van der Waals surface area contributed by atoms with Crippen molar-refractivity contribution >= 4 is 11.7 Å². The molecule has 0 spiro atoms. The van der Waals surface area contributed by atoms with Gasteiger partial charge in [0.2, 0.25) is 0 Å². The third kappa shape index (κ3) is 3.63. The van der Waals surface area contributed by atoms with Gasteiger partial charge in [0.25, 0.3) is 5.91 Å². The molecule has 1 saturated heterocycles. The molecule has 0 radical (unpaired) electrons. The molecule has 1 aliphatic rings. The van der Waals surface area contributed by atoms with Crippen LogP contribution in [-0.4, -0.2) is 63.3 Å². The van der Waals surface area contributed by atoms with Crippen molar-refractivity contribution in [3.05, 3.63) is 35.6 Å². The second-order valence-electron chi connectivity index (χ2n) is 6.67. The molecule has 0 aliphatic carbocycles. The molecule has 0 aromatic carbocycles. The van der Waals surface area contributed by atoms with E-state index in [1.165, 1.54) is 4.90 Å². The summed E-state index contributed by atoms with van der Waals surface area (Å²) in [5.41, 5.74) is 0.0259. The summed E-state index contributed by atoms with van der Waals surface area (Å²) in [7, 11) is 1.69. The van der Waals surface area contributed by atoms with Crippen molar-refractivity contribution in [1.82, 2.24) is 20.0 Å². The van der Waals surface area contributed by atoms with Gasteiger partial charge in [-0.3, -0.25) is 9.78 Å². The summed E-state index contributed by atoms with van der Waals surface area (Å²) in [6.45, 7) is 4.90. The Balaban J connectivity index is 1.71. The summed E-state index contributed by atoms with van der Waals surface area (Å²) >= 11 is 0. The van der Waals surface area contributed by atoms with Crippen LogP contribution in [0.15, 0.2) is 23.1 Å². The predicted octanol–water partition coefficient (Wildman–Crippen LogP) is 1.18. The number of hydrogen-bond donors (Lipinski definition) is 1. The van der Waals surface area contributed by atoms with Crippen LogP contribution < -0.4 is 4.90 Å². The Morgan fingerprint density at radius 2 is 2.24 bits per heavy atom. The van der Waals surface area contributed by atoms with Crippen molar-refractivity contribution in [2.75, 3.05) is 31.6 Å². The molecule has 0 bridgehead atoms. The van der Waals surface area contributed by atoms with Crippen LogP contribution in [0.25, 0.3) is 0 Å². The lowest BCUT2D eigenvalue weighted by Crippen LogP contribution is -2.55. The van der Waals surface area contributed by atoms with Crippen LogP contribution in [0.4, 0.5) is 5.82 Å². The average Bonchev–Trinajstić information content (AvgIpc) is 2.93. The van der Waals surface area contributed by atoms with E-state index in [0.29, 0.717) is 30.0 Å². The van der Waals surface area contributed by atoms with Gasteiger partial charge in [-0.2, -0.15) is 0 Å². The monoisotopic (exact) mass is 345 g/mol. The van der Waals surface area contributed by atoms with Crippen molar-refractivity contribution in [3.8, 4) is 0 Å². The van der Waals surface area contributed by atoms with Crippen LogP contribution in [0.5, 0.6) is 0 Å². The van der Waals surface area contributed by atoms with Crippen LogP contribution >= 0.6 is 0 Å². The Kier molecular flexibility index (Phi) is 4.71. The highest BCUT2D eigenvalue weighted by atomic mass is 16.5. The number of hydrogen-bond acceptors (Lipinski definition) is 7. The first-order chi connectivity index (χ1) is 11.9. The largest absolute Gasteiger partial charge is 0.386 e. The van der Waals surface area contributed by atoms with Gasteiger partial charge in [0.05, 0.1) is 24.0 Å². The first kappa shape index (κ1) is 17.3. The van der Waals surface area contributed by atoms with Crippen LogP contribution in [0, 0.1) is 13.8 Å². The fourth-order valence-corrected chi connectivity index (χ4v) is 3.38. The summed E-state index contributed by atoms with van der Waals surface area (Å²) in [6, 6.07) is 0. The number of aromatic nitrogens is 3. The zero-order valence-corrected chi connectivity index (χ0v) is 14.8. The number of carbonyl (C=O) groups excluding carboxylic acids is 1. The first-order valence-corrected chi connectivity index (χ1v) is 8.31. The standard InChI is InChI=1S/C17H23N5O3/c1-12-15(13(2)25-20-12)16(23)21(3)10-17(24)5-4-8-22(11-17)14-9-18-6-7-19-14/h6-7,9,24H,4-5,8,10-11H2,1-3H3/t17-/m0/s1. The number of β-amino-alcohol motifs (C(OH)–C–C–N with tert-alkyl or cyclic N) is 1. The number of amides is 1. The number of carbonyl (C=O) groups is 1. The smallest absolute Gasteiger partial charge is 0.259 e. The van der Waals surface area contributed by atoms with Gasteiger partial charge in [-0.25, -0.2) is 4.98 Å². The molecule has 1 aliphatic heterocycles. The zero-order chi connectivity index (χ0) is 18.0. The molecule has 1 fully saturated rings. The molecular formula is C17H23N5O3. The first-order valence-electron chi connectivity index (χ1n) is 8.31. The van der Waals surface area contributed by atoms with Gasteiger partial charge in [0, 0.05) is 32.5 Å². The highest BCUT2D eigenvalue weighted by molar-refractivity contribution is 5.96. The molecule has 1 amide bonds. The van der Waals surface area contributed by atoms with Crippen LogP contribution in [0.2, 0.25) is 0 Å². The van der Waals surface area contributed by atoms with E-state index in [9.17, 15) is 9.90 Å². The predicted molar refractivity (Wildman–Crippen MR) is 91.4 cm³/mol. The SMILES string of the molecule is Cc1noc(C)c1C(=O)N(C)C[C@@]1(O)CCCN(c2cnccn2)C1. The molecule has 1 N–H and O–H groups in total. The van der Waals surface area contributed by atoms with E-state index >= 15 is 0 Å². The van der Waals surface area contributed by atoms with Gasteiger partial charge in [-0.1, -0.05) is 5.16 Å². The summed E-state index contributed by atoms with van der Waals surface area (Å²) in [5, 5.41) is 14.9. The third-order valence-corrected chi connectivity index (χ3v) is 4.55. The summed E-state index contributed by atoms with van der Waals surface area (Å²) in [6.07, 6.45) is 6.39. The number of anilines is 1. The number of piperidine rings is 1. The van der Waals surface area contributed by atoms with E-state index in [1.54, 1.807) is 39.5 Å². The molecular weight excluding hydrogens is 322 g/mol. The van der Waals surface area contributed by atoms with Crippen LogP contribution in [0.1, 0.15) is 34.7 Å². The highest BCUT2D eigenvalue weighted by Crippen LogP contribution is 2.26. The van der Waals surface area contributed by atoms with E-state index < -0.39 is 5.60 Å². The quantitative estimate of drug-likeness (QED) is 0.889. The average molecular weight is 345 g/mol. The van der Waals surface area contributed by atoms with Crippen molar-refractivity contribution in [2.45, 2.75) is 32.3 Å². The zero-order valence-electron chi connectivity index (χ0n) is 14.8. The van der Waals surface area contributed by atoms with Crippen LogP contribution in [0.3, 0.4) is 0 Å². The maximum Gasteiger partial charge on any atom is 0.259 e. The molecule has 25 heavy (non-hydrogen) atoms. The number of aliphatic hydroxyl groups is 1. The second kappa shape index (κ2) is 6.79. The second-order valence-corrected chi connectivity index (χ2v) is 6.67. The molecule has 0 unspecified atom stereocenters. The molecule has 3 rings (SSSR count). The van der Waals surface area contributed by atoms with E-state index in [-0.39, 0.29) is 12.5 Å². The Hall–Kier alpha value is -2.48. The number of likely N-dealkylation sites (N-methyl/N-ethyl adjacent to an activating group) is 1. The molecule has 0 saturated carbocycles. The lowest BCUT2D eigenvalue weighted by atomic mass is 9.92. The lowest BCUT2D eigenvalue weighted by Gasteiger charge is -2.41. The lowest BCUT2D eigenvalue weighted by molar-refractivity contribution is -0.000215. The van der Waals surface area contributed by atoms with Crippen molar-refractivity contribution in [2.24, 2.45) is 0 Å². The van der Waals surface area contributed by atoms with E-state index in [0.717, 1.165) is 18.8 Å². The number of aryl methyl sites for hydroxylation is 2. The van der Waals surface area contributed by atoms with Crippen molar-refractivity contribution in [1.29, 1.82) is 0 Å². The minimum atomic E-state index is -1.00. The molecule has 2 aromatic rings. The van der Waals surface area contributed by atoms with Gasteiger partial charge in [-0.15, -0.1) is 0 Å². The Morgan fingerprint density at radius 1 is 1.44 bits per heavy atom. The summed E-state index contributed by atoms with van der Waals surface area (Å²) in [5.74, 6) is 1.03. The van der Waals surface area contributed by atoms with Crippen molar-refractivity contribution < 1.29 is 14.4 Å². The summed E-state index contributed by atoms with van der Waals surface area (Å²) in [4.78, 5) is 24.6. The van der Waals surface area contributed by atoms with Gasteiger partial charge < -0.3 is 19.4 Å². The van der Waals surface area contributed by atoms with Gasteiger partial charge in [0.15, 0.2) is 0 Å². The normalized spacial score (nSPS) is 20.6. The Bertz CT molecular complexity index is 728. The summed E-state index contributed by atoms with van der Waals surface area (Å²) < 4.78 is 5.07. The minimum absolute atomic E-state index is 0.193. The molecule has 3 heterocycles. The maximum atomic E-state index is 12.7. The Morgan fingerprint density at radius 3 is 2.88 bits per heavy atom. The van der Waals surface area contributed by atoms with E-state index in [2.05, 4.69) is 15.1 Å².